The van der Waals surface area contributed by atoms with Crippen molar-refractivity contribution < 1.29 is 13.0 Å². The van der Waals surface area contributed by atoms with E-state index in [4.69, 9.17) is 4.55 Å². The van der Waals surface area contributed by atoms with Gasteiger partial charge in [-0.1, -0.05) is 36.4 Å². The third-order valence-electron chi connectivity index (χ3n) is 3.30. The molecule has 0 unspecified atom stereocenters. The number of benzene rings is 2. The molecule has 1 atom stereocenters. The van der Waals surface area contributed by atoms with Crippen molar-refractivity contribution in [2.45, 2.75) is 19.4 Å². The summed E-state index contributed by atoms with van der Waals surface area (Å²) in [5, 5.41) is 5.66. The first kappa shape index (κ1) is 15.0. The van der Waals surface area contributed by atoms with Crippen molar-refractivity contribution in [2.24, 2.45) is 0 Å². The largest absolute Gasteiger partial charge is 0.310 e. The lowest BCUT2D eigenvalue weighted by atomic mass is 10.0. The van der Waals surface area contributed by atoms with Crippen molar-refractivity contribution in [3.8, 4) is 0 Å². The zero-order valence-corrected chi connectivity index (χ0v) is 12.2. The topological polar surface area (TPSA) is 66.4 Å². The second kappa shape index (κ2) is 6.35. The molecule has 0 aliphatic carbocycles. The van der Waals surface area contributed by atoms with E-state index in [1.807, 2.05) is 19.1 Å². The van der Waals surface area contributed by atoms with Gasteiger partial charge in [-0.05, 0) is 42.3 Å². The van der Waals surface area contributed by atoms with E-state index in [9.17, 15) is 8.42 Å². The molecule has 0 radical (unpaired) electrons. The Labute approximate surface area is 119 Å². The maximum absolute atomic E-state index is 10.6. The lowest BCUT2D eigenvalue weighted by molar-refractivity contribution is 0.477. The molecule has 20 heavy (non-hydrogen) atoms. The fourth-order valence-electron chi connectivity index (χ4n) is 2.17. The summed E-state index contributed by atoms with van der Waals surface area (Å²) in [5.74, 6) is -0.204. The Balaban J connectivity index is 1.95. The minimum absolute atomic E-state index is 0.140. The third kappa shape index (κ3) is 4.30. The molecule has 0 bridgehead atoms. The van der Waals surface area contributed by atoms with E-state index in [1.54, 1.807) is 0 Å². The summed E-state index contributed by atoms with van der Waals surface area (Å²) in [6.07, 6.45) is 0.400. The highest BCUT2D eigenvalue weighted by Crippen LogP contribution is 2.20. The standard InChI is InChI=1S/C15H19NO3S/c1-12(16-9-4-10-20(17,18)19)14-8-7-13-5-2-3-6-15(13)11-14/h2-3,5-8,11-12,16H,4,9-10H2,1H3,(H,17,18,19)/t12-/m0/s1. The van der Waals surface area contributed by atoms with Crippen molar-refractivity contribution in [1.29, 1.82) is 0 Å². The van der Waals surface area contributed by atoms with Crippen LogP contribution in [0, 0.1) is 0 Å². The summed E-state index contributed by atoms with van der Waals surface area (Å²) in [6.45, 7) is 2.59. The van der Waals surface area contributed by atoms with Crippen molar-refractivity contribution >= 4 is 20.9 Å². The van der Waals surface area contributed by atoms with Gasteiger partial charge in [-0.3, -0.25) is 4.55 Å². The molecule has 0 amide bonds. The van der Waals surface area contributed by atoms with Gasteiger partial charge in [-0.2, -0.15) is 8.42 Å². The van der Waals surface area contributed by atoms with Crippen molar-refractivity contribution in [3.05, 3.63) is 48.0 Å². The fourth-order valence-corrected chi connectivity index (χ4v) is 2.68. The molecular weight excluding hydrogens is 274 g/mol. The zero-order valence-electron chi connectivity index (χ0n) is 11.4. The predicted molar refractivity (Wildman–Crippen MR) is 81.4 cm³/mol. The van der Waals surface area contributed by atoms with Gasteiger partial charge < -0.3 is 5.32 Å². The van der Waals surface area contributed by atoms with Crippen LogP contribution in [0.25, 0.3) is 10.8 Å². The Morgan fingerprint density at radius 1 is 1.15 bits per heavy atom. The molecule has 0 aromatic heterocycles. The van der Waals surface area contributed by atoms with Crippen LogP contribution in [0.5, 0.6) is 0 Å². The molecular formula is C15H19NO3S. The molecule has 0 spiro atoms. The van der Waals surface area contributed by atoms with Crippen LogP contribution in [0.2, 0.25) is 0 Å². The molecule has 5 heteroatoms. The number of hydrogen-bond donors (Lipinski definition) is 2. The van der Waals surface area contributed by atoms with Crippen LogP contribution in [0.1, 0.15) is 24.9 Å². The number of hydrogen-bond acceptors (Lipinski definition) is 3. The summed E-state index contributed by atoms with van der Waals surface area (Å²) >= 11 is 0. The van der Waals surface area contributed by atoms with Gasteiger partial charge in [0.15, 0.2) is 0 Å². The van der Waals surface area contributed by atoms with Gasteiger partial charge in [0.05, 0.1) is 5.75 Å². The lowest BCUT2D eigenvalue weighted by Gasteiger charge is -2.14. The molecule has 0 heterocycles. The molecule has 4 nitrogen and oxygen atoms in total. The number of fused-ring (bicyclic) bond motifs is 1. The van der Waals surface area contributed by atoms with Crippen LogP contribution in [0.15, 0.2) is 42.5 Å². The highest BCUT2D eigenvalue weighted by molar-refractivity contribution is 7.85. The molecule has 0 saturated heterocycles. The minimum Gasteiger partial charge on any atom is -0.310 e. The van der Waals surface area contributed by atoms with E-state index in [1.165, 1.54) is 10.8 Å². The number of nitrogens with one attached hydrogen (secondary N) is 1. The van der Waals surface area contributed by atoms with E-state index in [0.717, 1.165) is 5.56 Å². The molecule has 0 fully saturated rings. The second-order valence-corrected chi connectivity index (χ2v) is 6.49. The Morgan fingerprint density at radius 2 is 1.85 bits per heavy atom. The van der Waals surface area contributed by atoms with E-state index in [0.29, 0.717) is 13.0 Å². The van der Waals surface area contributed by atoms with Crippen LogP contribution in [0.3, 0.4) is 0 Å². The molecule has 0 aliphatic rings. The summed E-state index contributed by atoms with van der Waals surface area (Å²) < 4.78 is 29.9. The van der Waals surface area contributed by atoms with Gasteiger partial charge in [-0.25, -0.2) is 0 Å². The fraction of sp³-hybridized carbons (Fsp3) is 0.333. The molecule has 0 aliphatic heterocycles. The van der Waals surface area contributed by atoms with Crippen molar-refractivity contribution in [3.63, 3.8) is 0 Å². The average Bonchev–Trinajstić information content (AvgIpc) is 2.42. The van der Waals surface area contributed by atoms with Gasteiger partial charge in [0.25, 0.3) is 10.1 Å². The summed E-state index contributed by atoms with van der Waals surface area (Å²) in [6, 6.07) is 14.6. The van der Waals surface area contributed by atoms with Crippen LogP contribution < -0.4 is 5.32 Å². The van der Waals surface area contributed by atoms with E-state index in [2.05, 4.69) is 35.6 Å². The first-order valence-electron chi connectivity index (χ1n) is 6.63. The normalized spacial score (nSPS) is 13.5. The molecule has 2 aromatic rings. The van der Waals surface area contributed by atoms with Crippen LogP contribution >= 0.6 is 0 Å². The molecule has 2 aromatic carbocycles. The highest BCUT2D eigenvalue weighted by atomic mass is 32.2. The van der Waals surface area contributed by atoms with Crippen LogP contribution in [-0.2, 0) is 10.1 Å². The SMILES string of the molecule is C[C@H](NCCCS(=O)(=O)O)c1ccc2ccccc2c1. The lowest BCUT2D eigenvalue weighted by Crippen LogP contribution is -2.21. The molecule has 2 N–H and O–H groups in total. The first-order chi connectivity index (χ1) is 9.46. The molecule has 2 rings (SSSR count). The molecule has 0 saturated carbocycles. The van der Waals surface area contributed by atoms with Gasteiger partial charge in [0.2, 0.25) is 0 Å². The maximum Gasteiger partial charge on any atom is 0.264 e. The maximum atomic E-state index is 10.6. The quantitative estimate of drug-likeness (QED) is 0.635. The Kier molecular flexibility index (Phi) is 4.75. The minimum atomic E-state index is -3.86. The van der Waals surface area contributed by atoms with E-state index >= 15 is 0 Å². The van der Waals surface area contributed by atoms with Crippen molar-refractivity contribution in [2.75, 3.05) is 12.3 Å². The van der Waals surface area contributed by atoms with Crippen LogP contribution in [-0.4, -0.2) is 25.3 Å². The summed E-state index contributed by atoms with van der Waals surface area (Å²) in [7, 11) is -3.86. The Hall–Kier alpha value is -1.43. The first-order valence-corrected chi connectivity index (χ1v) is 8.24. The monoisotopic (exact) mass is 293 g/mol. The summed E-state index contributed by atoms with van der Waals surface area (Å²) in [5.41, 5.74) is 1.16. The van der Waals surface area contributed by atoms with E-state index in [-0.39, 0.29) is 11.8 Å². The summed E-state index contributed by atoms with van der Waals surface area (Å²) in [4.78, 5) is 0. The van der Waals surface area contributed by atoms with Gasteiger partial charge in [0.1, 0.15) is 0 Å². The van der Waals surface area contributed by atoms with Gasteiger partial charge in [-0.15, -0.1) is 0 Å². The predicted octanol–water partition coefficient (Wildman–Crippen LogP) is 2.77. The average molecular weight is 293 g/mol. The van der Waals surface area contributed by atoms with Gasteiger partial charge >= 0.3 is 0 Å². The van der Waals surface area contributed by atoms with Crippen molar-refractivity contribution in [1.82, 2.24) is 5.32 Å². The zero-order chi connectivity index (χ0) is 14.6. The van der Waals surface area contributed by atoms with Gasteiger partial charge in [0, 0.05) is 6.04 Å². The van der Waals surface area contributed by atoms with Crippen LogP contribution in [0.4, 0.5) is 0 Å². The Bertz CT molecular complexity index is 682. The number of rotatable bonds is 6. The van der Waals surface area contributed by atoms with E-state index < -0.39 is 10.1 Å². The third-order valence-corrected chi connectivity index (χ3v) is 4.11. The highest BCUT2D eigenvalue weighted by Gasteiger charge is 2.07. The second-order valence-electron chi connectivity index (χ2n) is 4.92. The molecule has 108 valence electrons. The Morgan fingerprint density at radius 3 is 2.55 bits per heavy atom. The smallest absolute Gasteiger partial charge is 0.264 e.